The van der Waals surface area contributed by atoms with E-state index in [0.29, 0.717) is 12.8 Å². The Morgan fingerprint density at radius 2 is 1.18 bits per heavy atom. The van der Waals surface area contributed by atoms with Crippen LogP contribution in [0, 0.1) is 0 Å². The summed E-state index contributed by atoms with van der Waals surface area (Å²) in [6, 6.07) is 1.25. The third-order valence-electron chi connectivity index (χ3n) is 11.5. The minimum Gasteiger partial charge on any atom is -0.462 e. The van der Waals surface area contributed by atoms with Crippen molar-refractivity contribution >= 4 is 33.4 Å². The van der Waals surface area contributed by atoms with Gasteiger partial charge in [0.2, 0.25) is 0 Å². The normalized spacial score (nSPS) is 18.9. The number of nitrogens with two attached hydrogens (primary N) is 1. The maximum Gasteiger partial charge on any atom is 0.483 e. The SMILES string of the molecule is CCCCCCCC/C=C\CCCCCCCC(=O)OC[C@H](COP(=O)(OC[C@H]1O[C@@H](n2ccc(N)nc2=O)[C@H](O)[C@@H]1O)OP(=O)(O)O)OC(=O)CCCCCCC/C=C\CCCCCCCC. The average molecular weight is 1010 g/mol. The van der Waals surface area contributed by atoms with Crippen LogP contribution in [-0.2, 0) is 46.3 Å². The van der Waals surface area contributed by atoms with Crippen molar-refractivity contribution in [3.63, 3.8) is 0 Å². The Hall–Kier alpha value is -2.76. The number of nitrogens with zero attached hydrogens (tertiary/aromatic N) is 2. The van der Waals surface area contributed by atoms with E-state index in [4.69, 9.17) is 29.0 Å². The summed E-state index contributed by atoms with van der Waals surface area (Å²) in [5.41, 5.74) is 4.62. The number of rotatable bonds is 42. The summed E-state index contributed by atoms with van der Waals surface area (Å²) >= 11 is 0. The van der Waals surface area contributed by atoms with E-state index >= 15 is 0 Å². The van der Waals surface area contributed by atoms with Gasteiger partial charge >= 0.3 is 33.3 Å². The predicted molar refractivity (Wildman–Crippen MR) is 261 cm³/mol. The summed E-state index contributed by atoms with van der Waals surface area (Å²) in [5, 5.41) is 21.2. The standard InChI is InChI=1S/C48H85N3O15P2/c1-3-5-7-9-11-13-15-17-19-21-23-25-27-29-31-33-43(52)61-37-40(64-44(53)34-32-30-28-26-24-22-20-18-16-14-12-10-8-6-4-2)38-62-68(60,66-67(57,58)59)63-39-41-45(54)46(55)47(65-41)51-36-35-42(49)50-48(51)56/h17-20,35-36,40-41,45-47,54-55H,3-16,21-34,37-39H2,1-2H3,(H2,49,50,56)(H2,57,58,59)/b19-17-,20-18-/t40-,41-,45-,46-,47-,68?/m1/s1. The lowest BCUT2D eigenvalue weighted by Gasteiger charge is -2.23. The molecule has 18 nitrogen and oxygen atoms in total. The molecule has 1 unspecified atom stereocenters. The maximum absolute atomic E-state index is 13.6. The first kappa shape index (κ1) is 61.4. The number of aromatic nitrogens is 2. The number of ether oxygens (including phenoxy) is 3. The Labute approximate surface area is 405 Å². The van der Waals surface area contributed by atoms with Crippen LogP contribution >= 0.6 is 15.6 Å². The molecular formula is C48H85N3O15P2. The second-order valence-electron chi connectivity index (χ2n) is 17.7. The molecule has 1 saturated heterocycles. The van der Waals surface area contributed by atoms with Crippen LogP contribution in [0.2, 0.25) is 0 Å². The summed E-state index contributed by atoms with van der Waals surface area (Å²) in [6.07, 6.45) is 30.8. The quantitative estimate of drug-likeness (QED) is 0.0176. The van der Waals surface area contributed by atoms with Gasteiger partial charge in [-0.05, 0) is 70.3 Å². The minimum absolute atomic E-state index is 0.0255. The number of phosphoric ester groups is 1. The molecule has 0 spiro atoms. The lowest BCUT2D eigenvalue weighted by atomic mass is 10.1. The summed E-state index contributed by atoms with van der Waals surface area (Å²) < 4.78 is 57.7. The maximum atomic E-state index is 13.6. The van der Waals surface area contributed by atoms with E-state index in [1.165, 1.54) is 89.3 Å². The molecule has 1 aromatic rings. The van der Waals surface area contributed by atoms with Crippen molar-refractivity contribution in [1.29, 1.82) is 0 Å². The lowest BCUT2D eigenvalue weighted by Crippen LogP contribution is -2.36. The summed E-state index contributed by atoms with van der Waals surface area (Å²) in [7, 11) is -10.8. The Bertz CT molecular complexity index is 1720. The van der Waals surface area contributed by atoms with Crippen molar-refractivity contribution in [2.75, 3.05) is 25.6 Å². The lowest BCUT2D eigenvalue weighted by molar-refractivity contribution is -0.161. The molecule has 20 heteroatoms. The van der Waals surface area contributed by atoms with Gasteiger partial charge in [0.05, 0.1) is 13.2 Å². The molecule has 0 aromatic carbocycles. The number of nitrogen functional groups attached to an aromatic ring is 1. The van der Waals surface area contributed by atoms with Crippen LogP contribution in [0.15, 0.2) is 41.4 Å². The fourth-order valence-electron chi connectivity index (χ4n) is 7.57. The molecule has 392 valence electrons. The van der Waals surface area contributed by atoms with Gasteiger partial charge in [0.1, 0.15) is 30.7 Å². The third kappa shape index (κ3) is 29.4. The number of carbonyl (C=O) groups is 2. The summed E-state index contributed by atoms with van der Waals surface area (Å²) in [5.74, 6) is -1.33. The van der Waals surface area contributed by atoms with Gasteiger partial charge in [0, 0.05) is 19.0 Å². The van der Waals surface area contributed by atoms with E-state index in [9.17, 15) is 43.5 Å². The molecular weight excluding hydrogens is 920 g/mol. The molecule has 0 amide bonds. The van der Waals surface area contributed by atoms with Gasteiger partial charge < -0.3 is 39.9 Å². The molecule has 68 heavy (non-hydrogen) atoms. The number of allylic oxidation sites excluding steroid dienone is 4. The molecule has 0 radical (unpaired) electrons. The Kier molecular flexibility index (Phi) is 33.5. The van der Waals surface area contributed by atoms with Crippen LogP contribution in [-0.4, -0.2) is 85.7 Å². The second kappa shape index (κ2) is 37.1. The number of esters is 2. The number of anilines is 1. The fraction of sp³-hybridized carbons (Fsp3) is 0.792. The van der Waals surface area contributed by atoms with Crippen molar-refractivity contribution in [3.05, 3.63) is 47.1 Å². The number of hydrogen-bond acceptors (Lipinski definition) is 15. The van der Waals surface area contributed by atoms with Crippen LogP contribution in [0.5, 0.6) is 0 Å². The van der Waals surface area contributed by atoms with E-state index in [-0.39, 0.29) is 18.7 Å². The monoisotopic (exact) mass is 1010 g/mol. The van der Waals surface area contributed by atoms with Gasteiger partial charge in [-0.2, -0.15) is 9.29 Å². The minimum atomic E-state index is -5.57. The first-order valence-electron chi connectivity index (χ1n) is 25.3. The zero-order valence-corrected chi connectivity index (χ0v) is 42.7. The van der Waals surface area contributed by atoms with Gasteiger partial charge in [-0.25, -0.2) is 13.9 Å². The molecule has 2 heterocycles. The van der Waals surface area contributed by atoms with Gasteiger partial charge in [-0.1, -0.05) is 141 Å². The molecule has 6 N–H and O–H groups in total. The zero-order chi connectivity index (χ0) is 49.9. The zero-order valence-electron chi connectivity index (χ0n) is 40.9. The largest absolute Gasteiger partial charge is 0.483 e. The molecule has 0 bridgehead atoms. The van der Waals surface area contributed by atoms with E-state index < -0.39 is 83.7 Å². The molecule has 2 rings (SSSR count). The van der Waals surface area contributed by atoms with Crippen molar-refractivity contribution in [3.8, 4) is 0 Å². The number of unbranched alkanes of at least 4 members (excludes halogenated alkanes) is 22. The highest BCUT2D eigenvalue weighted by molar-refractivity contribution is 7.61. The highest BCUT2D eigenvalue weighted by Crippen LogP contribution is 2.61. The molecule has 0 saturated carbocycles. The number of aliphatic hydroxyl groups excluding tert-OH is 2. The van der Waals surface area contributed by atoms with E-state index in [0.717, 1.165) is 81.6 Å². The van der Waals surface area contributed by atoms with Crippen LogP contribution < -0.4 is 11.4 Å². The van der Waals surface area contributed by atoms with Crippen LogP contribution in [0.4, 0.5) is 5.82 Å². The van der Waals surface area contributed by atoms with Crippen molar-refractivity contribution in [2.45, 2.75) is 224 Å². The van der Waals surface area contributed by atoms with E-state index in [1.807, 2.05) is 0 Å². The van der Waals surface area contributed by atoms with Crippen molar-refractivity contribution < 1.29 is 66.3 Å². The van der Waals surface area contributed by atoms with E-state index in [2.05, 4.69) is 47.4 Å². The molecule has 1 fully saturated rings. The average Bonchev–Trinajstić information content (AvgIpc) is 3.57. The topological polar surface area (TPSA) is 265 Å². The number of phosphoric acid groups is 2. The second-order valence-corrected chi connectivity index (χ2v) is 20.7. The van der Waals surface area contributed by atoms with Crippen LogP contribution in [0.25, 0.3) is 0 Å². The number of hydrogen-bond donors (Lipinski definition) is 5. The van der Waals surface area contributed by atoms with Gasteiger partial charge in [0.25, 0.3) is 0 Å². The van der Waals surface area contributed by atoms with Crippen molar-refractivity contribution in [2.24, 2.45) is 0 Å². The predicted octanol–water partition coefficient (Wildman–Crippen LogP) is 10.2. The number of carbonyl (C=O) groups excluding carboxylic acids is 2. The van der Waals surface area contributed by atoms with Crippen molar-refractivity contribution in [1.82, 2.24) is 9.55 Å². The molecule has 1 aliphatic heterocycles. The molecule has 1 aliphatic rings. The number of aliphatic hydroxyl groups is 2. The Morgan fingerprint density at radius 1 is 0.706 bits per heavy atom. The molecule has 0 aliphatic carbocycles. The summed E-state index contributed by atoms with van der Waals surface area (Å²) in [4.78, 5) is 60.8. The smallest absolute Gasteiger partial charge is 0.462 e. The van der Waals surface area contributed by atoms with Crippen LogP contribution in [0.3, 0.4) is 0 Å². The Morgan fingerprint density at radius 3 is 1.66 bits per heavy atom. The van der Waals surface area contributed by atoms with Gasteiger partial charge in [-0.3, -0.25) is 23.2 Å². The first-order valence-corrected chi connectivity index (χ1v) is 28.3. The Balaban J connectivity index is 1.90. The molecule has 1 aromatic heterocycles. The van der Waals surface area contributed by atoms with Gasteiger partial charge in [0.15, 0.2) is 12.3 Å². The summed E-state index contributed by atoms with van der Waals surface area (Å²) in [6.45, 7) is 2.15. The third-order valence-corrected chi connectivity index (χ3v) is 14.1. The molecule has 6 atom stereocenters. The van der Waals surface area contributed by atoms with E-state index in [1.54, 1.807) is 0 Å². The van der Waals surface area contributed by atoms with Gasteiger partial charge in [-0.15, -0.1) is 0 Å². The fourth-order valence-corrected chi connectivity index (χ4v) is 9.74. The van der Waals surface area contributed by atoms with Crippen LogP contribution in [0.1, 0.15) is 200 Å². The highest BCUT2D eigenvalue weighted by Gasteiger charge is 2.46. The highest BCUT2D eigenvalue weighted by atomic mass is 31.3. The first-order chi connectivity index (χ1) is 32.7.